The quantitative estimate of drug-likeness (QED) is 0.0102. The molecule has 0 bridgehead atoms. The lowest BCUT2D eigenvalue weighted by Gasteiger charge is -2.12. The number of carboxylic acids is 2. The molecule has 638 valence electrons. The molecule has 4 N–H and O–H groups in total. The molecular weight excluding hydrogens is 1730 g/mol. The molecule has 0 amide bonds. The summed E-state index contributed by atoms with van der Waals surface area (Å²) in [7, 11) is 8.13. The number of rotatable bonds is 16. The fourth-order valence-electron chi connectivity index (χ4n) is 9.16. The average molecular weight is 1780 g/mol. The molecule has 48 heteroatoms. The zero-order valence-electron chi connectivity index (χ0n) is 60.9. The van der Waals surface area contributed by atoms with Crippen LogP contribution in [-0.2, 0) is 30.9 Å². The Morgan fingerprint density at radius 2 is 0.521 bits per heavy atom. The fraction of sp³-hybridized carbons (Fsp3) is 0.232. The maximum Gasteiger partial charge on any atom is 0.350 e. The number of carboxylic acid groups (broad SMARTS) is 2. The first-order valence-electron chi connectivity index (χ1n) is 29.8. The van der Waals surface area contributed by atoms with Gasteiger partial charge in [0.05, 0.1) is 85.7 Å². The predicted molar refractivity (Wildman–Crippen MR) is 346 cm³/mol. The van der Waals surface area contributed by atoms with Crippen molar-refractivity contribution in [3.63, 3.8) is 0 Å². The number of aliphatic hydroxyl groups excluding tert-OH is 2. The number of aromatic carboxylic acids is 2. The van der Waals surface area contributed by atoms with Crippen molar-refractivity contribution in [3.05, 3.63) is 212 Å². The number of esters is 5. The summed E-state index contributed by atoms with van der Waals surface area (Å²) in [4.78, 5) is 121. The van der Waals surface area contributed by atoms with E-state index in [9.17, 15) is 154 Å². The normalized spacial score (nSPS) is 10.6. The number of Topliss-reactive ketones (excluding diaryl/α,β-unsaturated/α-hetero) is 4. The molecule has 0 spiro atoms. The van der Waals surface area contributed by atoms with Crippen LogP contribution in [0, 0.1) is 141 Å². The number of aliphatic hydroxyl groups is 2. The third-order valence-corrected chi connectivity index (χ3v) is 14.8. The first-order chi connectivity index (χ1) is 54.3. The van der Waals surface area contributed by atoms with Gasteiger partial charge in [0.1, 0.15) is 38.9 Å². The molecule has 1 aliphatic rings. The molecule has 7 aromatic carbocycles. The number of hydrogen-bond donors (Lipinski definition) is 4. The molecule has 0 radical (unpaired) electrons. The number of carbonyl (C=O) groups is 11. The minimum Gasteiger partial charge on any atom is -0.491 e. The number of fused-ring (bicyclic) bond motifs is 1. The van der Waals surface area contributed by atoms with E-state index in [1.165, 1.54) is 0 Å². The topological polar surface area (TPSA) is 352 Å². The second-order valence-corrected chi connectivity index (χ2v) is 21.4. The van der Waals surface area contributed by atoms with Crippen molar-refractivity contribution in [2.75, 3.05) is 64.0 Å². The zero-order valence-corrected chi connectivity index (χ0v) is 62.5. The summed E-state index contributed by atoms with van der Waals surface area (Å²) < 4.78 is 342. The van der Waals surface area contributed by atoms with Crippen molar-refractivity contribution in [3.8, 4) is 28.7 Å². The van der Waals surface area contributed by atoms with Crippen LogP contribution in [0.25, 0.3) is 0 Å². The summed E-state index contributed by atoms with van der Waals surface area (Å²) in [5.41, 5.74) is -13.3. The highest BCUT2D eigenvalue weighted by Crippen LogP contribution is 2.38. The van der Waals surface area contributed by atoms with Crippen molar-refractivity contribution in [2.24, 2.45) is 0 Å². The second-order valence-electron chi connectivity index (χ2n) is 20.9. The van der Waals surface area contributed by atoms with Crippen LogP contribution in [0.15, 0.2) is 0 Å². The maximum atomic E-state index is 13.8. The number of carbonyl (C=O) groups excluding carboxylic acids is 9. The van der Waals surface area contributed by atoms with E-state index in [0.29, 0.717) is 0 Å². The lowest BCUT2D eigenvalue weighted by Crippen LogP contribution is -2.18. The van der Waals surface area contributed by atoms with Gasteiger partial charge in [-0.25, -0.2) is 113 Å². The van der Waals surface area contributed by atoms with E-state index in [-0.39, 0.29) is 16.5 Å². The third kappa shape index (κ3) is 21.3. The standard InChI is InChI=1S/C11H9F3O4.C10H8BrF3O2.C10H7F3O5.C10H9F3O3.C10H9F3O2.C9H4F4O4.C8F4O3.CH4O/c1-4(15)5-6(11(16)18-3)7(12)9(14)10(17-2)8(5)13;1-4(15)6-5(3-11)7(12)9(14)10(16-2)8(6)13;1-17-8-6(12)3(9(14)15)4(10(16)18-2)5(11)7(8)13;1-4(15)6-5(3-14)7(11)9(13)10(16-2)8(6)12;1-4-6(5(2)14)8(12)10(15-3)9(13)7(4)11;1-17-9(16)3-2(8(14)15)4(10)6(12)7(13)5(3)11;9-3-1-2(8(14)15-7(1)13)4(10)6(12)5(3)11;1-2/h1-3H3;3H2,1-2H3;1-2H3,(H,14,15);14H,3H2,1-2H3;1-3H3;1H3,(H,14,15);;2H,1H3. The van der Waals surface area contributed by atoms with Gasteiger partial charge in [0.2, 0.25) is 29.1 Å². The van der Waals surface area contributed by atoms with Gasteiger partial charge in [-0.1, -0.05) is 15.9 Å². The van der Waals surface area contributed by atoms with Gasteiger partial charge in [-0.15, -0.1) is 0 Å². The van der Waals surface area contributed by atoms with E-state index in [2.05, 4.69) is 58.6 Å². The van der Waals surface area contributed by atoms with Crippen LogP contribution in [0.3, 0.4) is 0 Å². The lowest BCUT2D eigenvalue weighted by atomic mass is 10.0. The molecule has 0 saturated heterocycles. The Kier molecular flexibility index (Phi) is 38.4. The van der Waals surface area contributed by atoms with Crippen molar-refractivity contribution >= 4 is 80.8 Å². The van der Waals surface area contributed by atoms with Crippen LogP contribution in [0.4, 0.5) is 101 Å². The minimum absolute atomic E-state index is 0.161. The van der Waals surface area contributed by atoms with Crippen LogP contribution in [0.2, 0.25) is 0 Å². The molecule has 0 atom stereocenters. The number of halogens is 24. The summed E-state index contributed by atoms with van der Waals surface area (Å²) in [5, 5.41) is 32.9. The first kappa shape index (κ1) is 103. The molecule has 0 aliphatic carbocycles. The molecular formula is C69H50BrF23O24. The minimum atomic E-state index is -2.31. The molecule has 24 nitrogen and oxygen atoms in total. The Hall–Kier alpha value is -12.5. The summed E-state index contributed by atoms with van der Waals surface area (Å²) in [6, 6.07) is 0. The Bertz CT molecular complexity index is 4930. The highest BCUT2D eigenvalue weighted by Gasteiger charge is 2.42. The largest absolute Gasteiger partial charge is 0.491 e. The number of ether oxygens (including phenoxy) is 9. The molecule has 1 aliphatic heterocycles. The van der Waals surface area contributed by atoms with Gasteiger partial charge in [0.25, 0.3) is 0 Å². The molecule has 0 unspecified atom stereocenters. The molecule has 1 heterocycles. The van der Waals surface area contributed by atoms with Gasteiger partial charge < -0.3 is 63.1 Å². The van der Waals surface area contributed by atoms with E-state index in [1.807, 2.05) is 0 Å². The van der Waals surface area contributed by atoms with Gasteiger partial charge in [0.15, 0.2) is 157 Å². The first-order valence-corrected chi connectivity index (χ1v) is 31.0. The Balaban J connectivity index is 0.000000680. The van der Waals surface area contributed by atoms with Crippen molar-refractivity contribution in [1.29, 1.82) is 0 Å². The third-order valence-electron chi connectivity index (χ3n) is 14.3. The number of benzene rings is 7. The van der Waals surface area contributed by atoms with Crippen LogP contribution in [0.1, 0.15) is 158 Å². The summed E-state index contributed by atoms with van der Waals surface area (Å²) in [5.74, 6) is -59.1. The zero-order chi connectivity index (χ0) is 91.4. The Morgan fingerprint density at radius 1 is 0.299 bits per heavy atom. The van der Waals surface area contributed by atoms with Crippen molar-refractivity contribution in [1.82, 2.24) is 0 Å². The second kappa shape index (κ2) is 43.8. The summed E-state index contributed by atoms with van der Waals surface area (Å²) >= 11 is 2.88. The molecule has 0 fully saturated rings. The van der Waals surface area contributed by atoms with Crippen LogP contribution in [-0.4, -0.2) is 149 Å². The Labute approximate surface area is 646 Å². The number of ketones is 4. The molecule has 0 saturated carbocycles. The summed E-state index contributed by atoms with van der Waals surface area (Å²) in [6.45, 7) is 4.19. The van der Waals surface area contributed by atoms with E-state index < -0.39 is 301 Å². The van der Waals surface area contributed by atoms with Crippen LogP contribution in [0.5, 0.6) is 28.7 Å². The van der Waals surface area contributed by atoms with Gasteiger partial charge in [-0.3, -0.25) is 19.2 Å². The van der Waals surface area contributed by atoms with Crippen molar-refractivity contribution in [2.45, 2.75) is 46.6 Å². The van der Waals surface area contributed by atoms with E-state index in [4.69, 9.17) is 20.4 Å². The van der Waals surface area contributed by atoms with Crippen molar-refractivity contribution < 1.29 is 217 Å². The molecule has 0 aromatic heterocycles. The maximum absolute atomic E-state index is 13.8. The van der Waals surface area contributed by atoms with E-state index in [1.54, 1.807) is 0 Å². The SMILES string of the molecule is CO.COC(=O)c1c(F)c(F)c(F)c(F)c1C(=O)O.COC(=O)c1c(F)c(F)c(OC)c(F)c1C(=O)O.COC(=O)c1c(F)c(F)c(OC)c(F)c1C(C)=O.COc1c(F)c(F)c(C)c(C(C)=O)c1F.COc1c(F)c(F)c(CBr)c(C(C)=O)c1F.COc1c(F)c(F)c(CO)c(C(C)=O)c1F.O=C1OC(=O)c2c(F)c(F)c(F)c(F)c21. The molecule has 117 heavy (non-hydrogen) atoms. The van der Waals surface area contributed by atoms with E-state index in [0.717, 1.165) is 98.6 Å². The monoisotopic (exact) mass is 1780 g/mol. The number of hydrogen-bond acceptors (Lipinski definition) is 22. The van der Waals surface area contributed by atoms with E-state index >= 15 is 0 Å². The Morgan fingerprint density at radius 3 is 0.795 bits per heavy atom. The number of alkyl halides is 1. The number of cyclic esters (lactones) is 2. The smallest absolute Gasteiger partial charge is 0.350 e. The molecule has 7 aromatic rings. The highest BCUT2D eigenvalue weighted by atomic mass is 79.9. The van der Waals surface area contributed by atoms with Gasteiger partial charge in [-0.2, -0.15) is 22.0 Å². The highest BCUT2D eigenvalue weighted by molar-refractivity contribution is 9.08. The van der Waals surface area contributed by atoms with Gasteiger partial charge in [-0.05, 0) is 34.6 Å². The number of methoxy groups -OCH3 is 8. The fourth-order valence-corrected chi connectivity index (χ4v) is 9.69. The summed E-state index contributed by atoms with van der Waals surface area (Å²) in [6.07, 6.45) is 0. The van der Waals surface area contributed by atoms with Crippen LogP contribution < -0.4 is 23.7 Å². The van der Waals surface area contributed by atoms with Gasteiger partial charge in [0, 0.05) is 29.1 Å². The predicted octanol–water partition coefficient (Wildman–Crippen LogP) is 14.2. The average Bonchev–Trinajstić information content (AvgIpc) is 1.61. The molecule has 8 rings (SSSR count). The van der Waals surface area contributed by atoms with Gasteiger partial charge >= 0.3 is 41.8 Å². The lowest BCUT2D eigenvalue weighted by molar-refractivity contribution is 0.0436. The van der Waals surface area contributed by atoms with Crippen LogP contribution >= 0.6 is 15.9 Å².